The van der Waals surface area contributed by atoms with Gasteiger partial charge >= 0.3 is 5.97 Å². The van der Waals surface area contributed by atoms with E-state index in [0.29, 0.717) is 6.61 Å². The van der Waals surface area contributed by atoms with Crippen LogP contribution >= 0.6 is 12.4 Å². The average Bonchev–Trinajstić information content (AvgIpc) is 2.92. The molecule has 1 aliphatic heterocycles. The van der Waals surface area contributed by atoms with E-state index in [4.69, 9.17) is 9.47 Å². The first-order valence-corrected chi connectivity index (χ1v) is 6.84. The third-order valence-corrected chi connectivity index (χ3v) is 3.34. The van der Waals surface area contributed by atoms with Crippen molar-refractivity contribution < 1.29 is 14.3 Å². The Morgan fingerprint density at radius 2 is 2.10 bits per heavy atom. The Morgan fingerprint density at radius 1 is 1.40 bits per heavy atom. The maximum atomic E-state index is 11.6. The molecule has 2 atom stereocenters. The summed E-state index contributed by atoms with van der Waals surface area (Å²) < 4.78 is 10.9. The van der Waals surface area contributed by atoms with Gasteiger partial charge in [-0.25, -0.2) is 0 Å². The van der Waals surface area contributed by atoms with Crippen molar-refractivity contribution in [3.8, 4) is 5.75 Å². The van der Waals surface area contributed by atoms with Crippen molar-refractivity contribution in [2.45, 2.75) is 32.3 Å². The lowest BCUT2D eigenvalue weighted by Crippen LogP contribution is -2.19. The highest BCUT2D eigenvalue weighted by atomic mass is 35.5. The van der Waals surface area contributed by atoms with Gasteiger partial charge in [0, 0.05) is 6.54 Å². The van der Waals surface area contributed by atoms with Gasteiger partial charge in [0.05, 0.1) is 12.5 Å². The van der Waals surface area contributed by atoms with Gasteiger partial charge in [-0.3, -0.25) is 4.79 Å². The number of halogens is 1. The number of nitrogens with one attached hydrogen (secondary N) is 1. The summed E-state index contributed by atoms with van der Waals surface area (Å²) in [6.45, 7) is 6.01. The van der Waals surface area contributed by atoms with E-state index in [0.717, 1.165) is 30.8 Å². The molecule has 0 aromatic heterocycles. The molecule has 4 nitrogen and oxygen atoms in total. The zero-order valence-electron chi connectivity index (χ0n) is 11.9. The van der Waals surface area contributed by atoms with Gasteiger partial charge < -0.3 is 14.8 Å². The molecule has 1 aromatic carbocycles. The Morgan fingerprint density at radius 3 is 2.65 bits per heavy atom. The molecule has 0 radical (unpaired) electrons. The quantitative estimate of drug-likeness (QED) is 0.849. The minimum absolute atomic E-state index is 0. The molecule has 0 aliphatic carbocycles. The van der Waals surface area contributed by atoms with Crippen LogP contribution in [0.2, 0.25) is 0 Å². The fourth-order valence-corrected chi connectivity index (χ4v) is 2.16. The molecule has 1 saturated heterocycles. The van der Waals surface area contributed by atoms with E-state index < -0.39 is 0 Å². The summed E-state index contributed by atoms with van der Waals surface area (Å²) in [6.07, 6.45) is 1.30. The van der Waals surface area contributed by atoms with Crippen LogP contribution in [0.25, 0.3) is 0 Å². The number of ether oxygens (including phenoxy) is 2. The number of hydrogen-bond acceptors (Lipinski definition) is 4. The topological polar surface area (TPSA) is 47.6 Å². The minimum Gasteiger partial charge on any atom is -0.489 e. The normalized spacial score (nSPS) is 19.0. The molecule has 20 heavy (non-hydrogen) atoms. The summed E-state index contributed by atoms with van der Waals surface area (Å²) in [5.41, 5.74) is 0.954. The average molecular weight is 300 g/mol. The van der Waals surface area contributed by atoms with Crippen molar-refractivity contribution in [2.24, 2.45) is 0 Å². The van der Waals surface area contributed by atoms with Gasteiger partial charge in [-0.2, -0.15) is 0 Å². The number of hydrogen-bond donors (Lipinski definition) is 1. The van der Waals surface area contributed by atoms with Crippen LogP contribution in [0.4, 0.5) is 0 Å². The fraction of sp³-hybridized carbons (Fsp3) is 0.533. The number of carbonyl (C=O) groups is 1. The number of carbonyl (C=O) groups excluding carboxylic acids is 1. The second-order valence-corrected chi connectivity index (χ2v) is 4.78. The van der Waals surface area contributed by atoms with E-state index in [9.17, 15) is 4.79 Å². The molecule has 1 unspecified atom stereocenters. The SMILES string of the molecule is CCOC(=O)[C@H](C)c1ccc(OC2CCNC2)cc1.Cl. The second kappa shape index (κ2) is 8.12. The van der Waals surface area contributed by atoms with E-state index in [1.807, 2.05) is 38.1 Å². The Labute approximate surface area is 126 Å². The Hall–Kier alpha value is -1.26. The third kappa shape index (κ3) is 4.39. The van der Waals surface area contributed by atoms with Crippen molar-refractivity contribution in [2.75, 3.05) is 19.7 Å². The highest BCUT2D eigenvalue weighted by Gasteiger charge is 2.18. The van der Waals surface area contributed by atoms with Gasteiger partial charge in [0.1, 0.15) is 11.9 Å². The lowest BCUT2D eigenvalue weighted by molar-refractivity contribution is -0.144. The van der Waals surface area contributed by atoms with Crippen molar-refractivity contribution in [1.82, 2.24) is 5.32 Å². The van der Waals surface area contributed by atoms with Crippen molar-refractivity contribution in [3.05, 3.63) is 29.8 Å². The number of esters is 1. The summed E-state index contributed by atoms with van der Waals surface area (Å²) >= 11 is 0. The van der Waals surface area contributed by atoms with Crippen LogP contribution in [0.15, 0.2) is 24.3 Å². The van der Waals surface area contributed by atoms with Crippen LogP contribution in [0.5, 0.6) is 5.75 Å². The van der Waals surface area contributed by atoms with Gasteiger partial charge in [-0.15, -0.1) is 12.4 Å². The van der Waals surface area contributed by atoms with Crippen molar-refractivity contribution in [1.29, 1.82) is 0 Å². The summed E-state index contributed by atoms with van der Waals surface area (Å²) in [4.78, 5) is 11.6. The predicted molar refractivity (Wildman–Crippen MR) is 80.6 cm³/mol. The molecular weight excluding hydrogens is 278 g/mol. The fourth-order valence-electron chi connectivity index (χ4n) is 2.16. The van der Waals surface area contributed by atoms with Crippen LogP contribution in [0, 0.1) is 0 Å². The molecule has 1 aromatic rings. The Bertz CT molecular complexity index is 416. The molecule has 1 aliphatic rings. The maximum absolute atomic E-state index is 11.6. The lowest BCUT2D eigenvalue weighted by Gasteiger charge is -2.14. The first kappa shape index (κ1) is 16.8. The van der Waals surface area contributed by atoms with E-state index >= 15 is 0 Å². The molecule has 1 heterocycles. The zero-order chi connectivity index (χ0) is 13.7. The van der Waals surface area contributed by atoms with Crippen molar-refractivity contribution in [3.63, 3.8) is 0 Å². The largest absolute Gasteiger partial charge is 0.489 e. The maximum Gasteiger partial charge on any atom is 0.313 e. The minimum atomic E-state index is -0.234. The molecule has 0 amide bonds. The summed E-state index contributed by atoms with van der Waals surface area (Å²) in [6, 6.07) is 7.70. The molecule has 1 fully saturated rings. The zero-order valence-corrected chi connectivity index (χ0v) is 12.7. The van der Waals surface area contributed by atoms with E-state index in [1.165, 1.54) is 0 Å². The van der Waals surface area contributed by atoms with Crippen LogP contribution in [0.1, 0.15) is 31.7 Å². The third-order valence-electron chi connectivity index (χ3n) is 3.34. The molecule has 112 valence electrons. The predicted octanol–water partition coefficient (Wildman–Crippen LogP) is 2.52. The second-order valence-electron chi connectivity index (χ2n) is 4.78. The molecule has 0 bridgehead atoms. The van der Waals surface area contributed by atoms with Crippen LogP contribution in [-0.2, 0) is 9.53 Å². The summed E-state index contributed by atoms with van der Waals surface area (Å²) in [5.74, 6) is 0.437. The van der Waals surface area contributed by atoms with Gasteiger partial charge in [-0.05, 0) is 44.5 Å². The van der Waals surface area contributed by atoms with Crippen LogP contribution in [0.3, 0.4) is 0 Å². The molecule has 2 rings (SSSR count). The monoisotopic (exact) mass is 299 g/mol. The van der Waals surface area contributed by atoms with Crippen LogP contribution < -0.4 is 10.1 Å². The smallest absolute Gasteiger partial charge is 0.313 e. The number of benzene rings is 1. The lowest BCUT2D eigenvalue weighted by atomic mass is 10.0. The highest BCUT2D eigenvalue weighted by Crippen LogP contribution is 2.21. The number of rotatable bonds is 5. The van der Waals surface area contributed by atoms with Gasteiger partial charge in [-0.1, -0.05) is 12.1 Å². The first-order valence-electron chi connectivity index (χ1n) is 6.84. The Kier molecular flexibility index (Phi) is 6.82. The van der Waals surface area contributed by atoms with Crippen LogP contribution in [-0.4, -0.2) is 31.8 Å². The highest BCUT2D eigenvalue weighted by molar-refractivity contribution is 5.85. The molecule has 1 N–H and O–H groups in total. The first-order chi connectivity index (χ1) is 9.20. The van der Waals surface area contributed by atoms with Crippen molar-refractivity contribution >= 4 is 18.4 Å². The van der Waals surface area contributed by atoms with E-state index in [-0.39, 0.29) is 30.4 Å². The molecule has 0 saturated carbocycles. The molecular formula is C15H22ClNO3. The standard InChI is InChI=1S/C15H21NO3.ClH/c1-3-18-15(17)11(2)12-4-6-13(7-5-12)19-14-8-9-16-10-14;/h4-7,11,14,16H,3,8-10H2,1-2H3;1H/t11-,14?;/m1./s1. The van der Waals surface area contributed by atoms with E-state index in [1.54, 1.807) is 0 Å². The van der Waals surface area contributed by atoms with Gasteiger partial charge in [0.25, 0.3) is 0 Å². The molecule has 0 spiro atoms. The molecule has 5 heteroatoms. The van der Waals surface area contributed by atoms with Gasteiger partial charge in [0.15, 0.2) is 0 Å². The summed E-state index contributed by atoms with van der Waals surface area (Å²) in [7, 11) is 0. The Balaban J connectivity index is 0.00000200. The summed E-state index contributed by atoms with van der Waals surface area (Å²) in [5, 5.41) is 3.26. The van der Waals surface area contributed by atoms with Gasteiger partial charge in [0.2, 0.25) is 0 Å². The van der Waals surface area contributed by atoms with E-state index in [2.05, 4.69) is 5.32 Å².